The molecule has 3 aromatic carbocycles. The van der Waals surface area contributed by atoms with Gasteiger partial charge in [-0.05, 0) is 47.9 Å². The smallest absolute Gasteiger partial charge is 0.407 e. The summed E-state index contributed by atoms with van der Waals surface area (Å²) in [5.74, 6) is -0.558. The Morgan fingerprint density at radius 3 is 2.50 bits per heavy atom. The van der Waals surface area contributed by atoms with E-state index >= 15 is 0 Å². The van der Waals surface area contributed by atoms with E-state index in [0.29, 0.717) is 25.0 Å². The van der Waals surface area contributed by atoms with Gasteiger partial charge in [0.2, 0.25) is 0 Å². The van der Waals surface area contributed by atoms with Crippen molar-refractivity contribution in [1.29, 1.82) is 0 Å². The van der Waals surface area contributed by atoms with Crippen LogP contribution in [0.25, 0.3) is 10.8 Å². The zero-order valence-corrected chi connectivity index (χ0v) is 20.9. The number of piperazine rings is 1. The van der Waals surface area contributed by atoms with Crippen molar-refractivity contribution in [2.45, 2.75) is 31.5 Å². The predicted octanol–water partition coefficient (Wildman–Crippen LogP) is 4.55. The van der Waals surface area contributed by atoms with Crippen molar-refractivity contribution in [2.24, 2.45) is 0 Å². The highest BCUT2D eigenvalue weighted by Gasteiger charge is 2.35. The van der Waals surface area contributed by atoms with Gasteiger partial charge in [-0.15, -0.1) is 0 Å². The maximum absolute atomic E-state index is 13.8. The number of aromatic nitrogens is 2. The molecule has 9 heteroatoms. The molecule has 0 saturated carbocycles. The Labute approximate surface area is 218 Å². The molecule has 0 aliphatic carbocycles. The second kappa shape index (κ2) is 9.57. The third-order valence-electron chi connectivity index (χ3n) is 7.71. The molecule has 4 aromatic rings. The maximum Gasteiger partial charge on any atom is 0.407 e. The lowest BCUT2D eigenvalue weighted by atomic mass is 9.80. The van der Waals surface area contributed by atoms with Crippen molar-refractivity contribution in [3.8, 4) is 0 Å². The van der Waals surface area contributed by atoms with E-state index in [0.717, 1.165) is 40.0 Å². The fraction of sp³-hybridized carbons (Fsp3) is 0.276. The number of rotatable bonds is 4. The molecule has 1 fully saturated rings. The molecule has 0 radical (unpaired) electrons. The Bertz CT molecular complexity index is 1550. The summed E-state index contributed by atoms with van der Waals surface area (Å²) in [6.45, 7) is 4.56. The Hall–Kier alpha value is -4.24. The van der Waals surface area contributed by atoms with Crippen LogP contribution in [-0.2, 0) is 6.54 Å². The van der Waals surface area contributed by atoms with Gasteiger partial charge in [0.15, 0.2) is 0 Å². The highest BCUT2D eigenvalue weighted by Crippen LogP contribution is 2.46. The van der Waals surface area contributed by atoms with Gasteiger partial charge in [-0.25, -0.2) is 14.3 Å². The van der Waals surface area contributed by atoms with E-state index in [-0.39, 0.29) is 29.4 Å². The summed E-state index contributed by atoms with van der Waals surface area (Å²) in [5, 5.41) is 21.5. The van der Waals surface area contributed by atoms with Gasteiger partial charge in [-0.1, -0.05) is 42.5 Å². The summed E-state index contributed by atoms with van der Waals surface area (Å²) >= 11 is 0. The lowest BCUT2D eigenvalue weighted by molar-refractivity contribution is 0.0711. The summed E-state index contributed by atoms with van der Waals surface area (Å²) in [6, 6.07) is 20.2. The summed E-state index contributed by atoms with van der Waals surface area (Å²) in [5.41, 5.74) is 4.43. The zero-order chi connectivity index (χ0) is 26.4. The molecular formula is C29H28FN5O3. The molecule has 1 aromatic heterocycles. The summed E-state index contributed by atoms with van der Waals surface area (Å²) in [4.78, 5) is 27.6. The average molecular weight is 514 g/mol. The molecule has 0 spiro atoms. The number of hydrogen-bond acceptors (Lipinski definition) is 5. The van der Waals surface area contributed by atoms with Crippen LogP contribution in [0.4, 0.5) is 14.9 Å². The van der Waals surface area contributed by atoms with E-state index in [1.54, 1.807) is 18.2 Å². The minimum atomic E-state index is -0.868. The Morgan fingerprint density at radius 1 is 1.05 bits per heavy atom. The number of amides is 1. The van der Waals surface area contributed by atoms with E-state index < -0.39 is 6.09 Å². The fourth-order valence-electron chi connectivity index (χ4n) is 5.84. The van der Waals surface area contributed by atoms with E-state index in [9.17, 15) is 19.1 Å². The molecule has 194 valence electrons. The van der Waals surface area contributed by atoms with Crippen LogP contribution < -0.4 is 10.9 Å². The van der Waals surface area contributed by atoms with E-state index in [1.165, 1.54) is 17.0 Å². The molecule has 38 heavy (non-hydrogen) atoms. The number of carbonyl (C=O) groups is 1. The second-order valence-electron chi connectivity index (χ2n) is 10.1. The number of aromatic amines is 1. The number of H-pyrrole nitrogens is 1. The van der Waals surface area contributed by atoms with Crippen LogP contribution in [0, 0.1) is 5.82 Å². The van der Waals surface area contributed by atoms with Crippen molar-refractivity contribution in [2.75, 3.05) is 25.0 Å². The van der Waals surface area contributed by atoms with Crippen LogP contribution in [0.3, 0.4) is 0 Å². The van der Waals surface area contributed by atoms with Gasteiger partial charge in [0, 0.05) is 43.3 Å². The van der Waals surface area contributed by atoms with Crippen molar-refractivity contribution in [3.05, 3.63) is 105 Å². The van der Waals surface area contributed by atoms with Gasteiger partial charge < -0.3 is 15.3 Å². The molecule has 2 aliphatic heterocycles. The minimum absolute atomic E-state index is 0.0508. The van der Waals surface area contributed by atoms with Crippen LogP contribution in [0.2, 0.25) is 0 Å². The molecule has 1 amide bonds. The van der Waals surface area contributed by atoms with Crippen molar-refractivity contribution in [1.82, 2.24) is 20.0 Å². The Balaban J connectivity index is 1.32. The summed E-state index contributed by atoms with van der Waals surface area (Å²) in [7, 11) is 0. The van der Waals surface area contributed by atoms with Crippen LogP contribution in [0.15, 0.2) is 71.5 Å². The highest BCUT2D eigenvalue weighted by atomic mass is 19.1. The number of halogens is 1. The van der Waals surface area contributed by atoms with Gasteiger partial charge in [0.1, 0.15) is 5.82 Å². The third kappa shape index (κ3) is 4.28. The van der Waals surface area contributed by atoms with Crippen LogP contribution >= 0.6 is 0 Å². The first-order valence-corrected chi connectivity index (χ1v) is 12.7. The van der Waals surface area contributed by atoms with Crippen molar-refractivity contribution < 1.29 is 14.3 Å². The Kier molecular flexibility index (Phi) is 6.07. The monoisotopic (exact) mass is 513 g/mol. The van der Waals surface area contributed by atoms with Gasteiger partial charge in [0.05, 0.1) is 23.0 Å². The van der Waals surface area contributed by atoms with Crippen LogP contribution in [0.5, 0.6) is 0 Å². The largest absolute Gasteiger partial charge is 0.465 e. The molecule has 2 aliphatic rings. The minimum Gasteiger partial charge on any atom is -0.465 e. The number of nitrogens with zero attached hydrogens (tertiary/aromatic N) is 3. The molecule has 3 N–H and O–H groups in total. The zero-order valence-electron chi connectivity index (χ0n) is 20.9. The van der Waals surface area contributed by atoms with Gasteiger partial charge in [-0.3, -0.25) is 9.69 Å². The molecular weight excluding hydrogens is 485 g/mol. The van der Waals surface area contributed by atoms with E-state index in [2.05, 4.69) is 44.7 Å². The van der Waals surface area contributed by atoms with Gasteiger partial charge >= 0.3 is 6.09 Å². The lowest BCUT2D eigenvalue weighted by Gasteiger charge is -2.38. The molecule has 1 saturated heterocycles. The third-order valence-corrected chi connectivity index (χ3v) is 7.71. The normalized spacial score (nSPS) is 21.3. The molecule has 6 rings (SSSR count). The molecule has 8 nitrogen and oxygen atoms in total. The fourth-order valence-corrected chi connectivity index (χ4v) is 5.84. The van der Waals surface area contributed by atoms with Crippen LogP contribution in [-0.4, -0.2) is 56.9 Å². The van der Waals surface area contributed by atoms with Crippen LogP contribution in [0.1, 0.15) is 41.3 Å². The first kappa shape index (κ1) is 24.1. The Morgan fingerprint density at radius 2 is 1.79 bits per heavy atom. The van der Waals surface area contributed by atoms with Gasteiger partial charge in [-0.2, -0.15) is 5.10 Å². The van der Waals surface area contributed by atoms with Gasteiger partial charge in [0.25, 0.3) is 5.56 Å². The highest BCUT2D eigenvalue weighted by molar-refractivity contribution is 5.97. The summed E-state index contributed by atoms with van der Waals surface area (Å²) in [6.07, 6.45) is -0.868. The topological polar surface area (TPSA) is 102 Å². The quantitative estimate of drug-likeness (QED) is 0.370. The van der Waals surface area contributed by atoms with E-state index in [1.807, 2.05) is 19.1 Å². The first-order valence-electron chi connectivity index (χ1n) is 12.7. The summed E-state index contributed by atoms with van der Waals surface area (Å²) < 4.78 is 13.8. The molecule has 3 heterocycles. The van der Waals surface area contributed by atoms with E-state index in [4.69, 9.17) is 0 Å². The second-order valence-corrected chi connectivity index (χ2v) is 10.1. The predicted molar refractivity (Wildman–Crippen MR) is 143 cm³/mol. The molecule has 3 unspecified atom stereocenters. The molecule has 0 bridgehead atoms. The van der Waals surface area contributed by atoms with Crippen molar-refractivity contribution in [3.63, 3.8) is 0 Å². The number of anilines is 1. The lowest BCUT2D eigenvalue weighted by Crippen LogP contribution is -2.53. The number of hydrogen-bond donors (Lipinski definition) is 3. The molecule has 3 atom stereocenters. The number of carboxylic acid groups (broad SMARTS) is 1. The number of benzene rings is 3. The maximum atomic E-state index is 13.8. The van der Waals surface area contributed by atoms with Crippen molar-refractivity contribution >= 4 is 22.6 Å². The average Bonchev–Trinajstić information content (AvgIpc) is 2.91. The SMILES string of the molecule is CC1CN(Cc2ccc(C3Nc4cccc5c(=O)[nH]nc(c45)C3c3ccc(F)cc3)cc2)CCN1C(=O)O. The standard InChI is InChI=1S/C29H28FN5O3/c1-17-15-34(13-14-35(17)29(37)38)16-18-5-7-20(8-6-18)26-24(19-9-11-21(30)12-10-19)27-25-22(28(36)33-32-27)3-2-4-23(25)31-26/h2-12,17,24,26,31H,13-16H2,1H3,(H,33,36)(H,37,38). The first-order chi connectivity index (χ1) is 18.4. The number of nitrogens with one attached hydrogen (secondary N) is 2.